The molecule has 12 rings (SSSR count). The molecule has 0 aliphatic heterocycles. The van der Waals surface area contributed by atoms with Gasteiger partial charge in [-0.25, -0.2) is 0 Å². The normalized spacial score (nSPS) is 11.3. The van der Waals surface area contributed by atoms with Crippen molar-refractivity contribution >= 4 is 172 Å². The molecule has 0 atom stereocenters. The zero-order chi connectivity index (χ0) is 57.5. The van der Waals surface area contributed by atoms with E-state index < -0.39 is 72.4 Å². The number of rotatable bonds is 15. The van der Waals surface area contributed by atoms with E-state index in [1.54, 1.807) is 21.5 Å². The molecule has 0 saturated carbocycles. The fraction of sp³-hybridized carbons (Fsp3) is 0.0400. The Morgan fingerprint density at radius 1 is 0.193 bits per heavy atom. The zero-order valence-corrected chi connectivity index (χ0v) is 63.2. The number of alkyl halides is 3. The van der Waals surface area contributed by atoms with E-state index in [2.05, 4.69) is 394 Å². The van der Waals surface area contributed by atoms with Gasteiger partial charge in [-0.3, -0.25) is 0 Å². The molecule has 0 nitrogen and oxygen atoms in total. The average molecular weight is 1720 g/mol. The van der Waals surface area contributed by atoms with Crippen LogP contribution >= 0.6 is 56.7 Å². The van der Waals surface area contributed by atoms with E-state index in [1.807, 2.05) is 18.2 Å². The van der Waals surface area contributed by atoms with Gasteiger partial charge in [-0.2, -0.15) is 0 Å². The van der Waals surface area contributed by atoms with Crippen LogP contribution in [0.2, 0.25) is 2.45 Å². The third kappa shape index (κ3) is 14.9. The Morgan fingerprint density at radius 3 is 0.446 bits per heavy atom. The van der Waals surface area contributed by atoms with Crippen LogP contribution in [0.15, 0.2) is 364 Å². The van der Waals surface area contributed by atoms with Gasteiger partial charge in [-0.1, -0.05) is 31.9 Å². The Kier molecular flexibility index (Phi) is 24.6. The first-order valence-electron chi connectivity index (χ1n) is 28.0. The molecule has 0 amide bonds. The standard InChI is InChI=1S/12C6H5.CH2Br2.CH2Br.CH2.ClH.4Sn/c12*1-2-4-6-5-3-1;2-1-3;1-2;;;;;;/h12*1-5H;1H2;1H2;1H2;1H;;;;/q;;;;;;;;;;;;;;;;;;;+1/p-1. The minimum absolute atomic E-state index is 0.875. The van der Waals surface area contributed by atoms with Gasteiger partial charge in [-0.05, 0) is 0 Å². The molecule has 410 valence electrons. The number of hydrogen-bond donors (Lipinski definition) is 0. The van der Waals surface area contributed by atoms with Crippen LogP contribution in [0, 0.1) is 0 Å². The molecule has 8 heteroatoms. The Bertz CT molecular complexity index is 3210. The van der Waals surface area contributed by atoms with Gasteiger partial charge in [-0.15, -0.1) is 0 Å². The van der Waals surface area contributed by atoms with Gasteiger partial charge in [0.15, 0.2) is 0 Å². The third-order valence-electron chi connectivity index (χ3n) is 15.6. The second kappa shape index (κ2) is 32.3. The predicted molar refractivity (Wildman–Crippen MR) is 383 cm³/mol. The monoisotopic (exact) mass is 1720 g/mol. The van der Waals surface area contributed by atoms with Gasteiger partial charge >= 0.3 is 510 Å². The first-order valence-corrected chi connectivity index (χ1v) is 58.1. The van der Waals surface area contributed by atoms with E-state index in [0.29, 0.717) is 0 Å². The van der Waals surface area contributed by atoms with Crippen molar-refractivity contribution in [1.82, 2.24) is 0 Å². The van der Waals surface area contributed by atoms with Gasteiger partial charge in [0.1, 0.15) is 0 Å². The summed E-state index contributed by atoms with van der Waals surface area (Å²) in [6.07, 6.45) is 0. The summed E-state index contributed by atoms with van der Waals surface area (Å²) in [6.45, 7) is 0. The van der Waals surface area contributed by atoms with E-state index in [9.17, 15) is 0 Å². The first kappa shape index (κ1) is 63.1. The number of halogens is 4. The van der Waals surface area contributed by atoms with Gasteiger partial charge in [0.05, 0.1) is 4.24 Å². The van der Waals surface area contributed by atoms with E-state index in [1.165, 1.54) is 23.9 Å². The Hall–Kier alpha value is -4.44. The predicted octanol–water partition coefficient (Wildman–Crippen LogP) is 12.6. The van der Waals surface area contributed by atoms with Crippen LogP contribution in [0.4, 0.5) is 0 Å². The summed E-state index contributed by atoms with van der Waals surface area (Å²) in [5.41, 5.74) is 0. The Labute approximate surface area is 538 Å². The average Bonchev–Trinajstić information content (AvgIpc) is 3.77. The first-order chi connectivity index (χ1) is 40.9. The van der Waals surface area contributed by atoms with Crippen molar-refractivity contribution in [2.75, 3.05) is 7.59 Å². The molecule has 0 aliphatic rings. The van der Waals surface area contributed by atoms with Crippen molar-refractivity contribution in [2.24, 2.45) is 0 Å². The summed E-state index contributed by atoms with van der Waals surface area (Å²) >= 11 is -3.48. The van der Waals surface area contributed by atoms with Crippen LogP contribution in [-0.2, 0) is 0 Å². The molecule has 12 aromatic rings. The molecule has 0 unspecified atom stereocenters. The molecule has 0 spiro atoms. The van der Waals surface area contributed by atoms with Crippen molar-refractivity contribution in [2.45, 2.75) is 2.45 Å². The number of benzene rings is 12. The van der Waals surface area contributed by atoms with Crippen molar-refractivity contribution < 1.29 is 0 Å². The molecular formula is C75H66Br3ClSn4. The maximum atomic E-state index is 7.33. The third-order valence-corrected chi connectivity index (χ3v) is 93.7. The summed E-state index contributed by atoms with van der Waals surface area (Å²) in [6, 6.07) is 134. The molecule has 0 radical (unpaired) electrons. The van der Waals surface area contributed by atoms with Crippen LogP contribution < -0.4 is 43.0 Å². The SMILES string of the molecule is BrCBr.Br[CH2][Sn]([c]1ccccc1)([c]1ccccc1)[c]1ccccc1.[Cl][Sn]([c]1ccccc1)([c]1ccccc1)[c]1ccccc1.c1cc[c]([Sn]([CH2][Sn]([c]2ccccc2)([c]2ccccc2)[c]2ccccc2)([c]2ccccc2)[c]2ccccc2)cc1. The molecule has 83 heavy (non-hydrogen) atoms. The molecule has 0 aliphatic carbocycles. The van der Waals surface area contributed by atoms with Crippen LogP contribution in [0.1, 0.15) is 0 Å². The van der Waals surface area contributed by atoms with E-state index >= 15 is 0 Å². The second-order valence-corrected chi connectivity index (χ2v) is 77.9. The minimum atomic E-state index is -3.63. The second-order valence-electron chi connectivity index (χ2n) is 20.2. The molecular weight excluding hydrogens is 1650 g/mol. The van der Waals surface area contributed by atoms with Crippen LogP contribution in [0.5, 0.6) is 0 Å². The van der Waals surface area contributed by atoms with Gasteiger partial charge in [0.2, 0.25) is 0 Å². The Morgan fingerprint density at radius 2 is 0.313 bits per heavy atom. The fourth-order valence-electron chi connectivity index (χ4n) is 11.7. The van der Waals surface area contributed by atoms with E-state index in [0.717, 1.165) is 7.59 Å². The van der Waals surface area contributed by atoms with Crippen molar-refractivity contribution in [3.05, 3.63) is 364 Å². The van der Waals surface area contributed by atoms with Gasteiger partial charge in [0, 0.05) is 0 Å². The summed E-state index contributed by atoms with van der Waals surface area (Å²) in [4.78, 5) is 0. The molecule has 0 bridgehead atoms. The molecule has 0 aromatic heterocycles. The summed E-state index contributed by atoms with van der Waals surface area (Å²) in [5.74, 6) is 0. The summed E-state index contributed by atoms with van der Waals surface area (Å²) < 4.78 is 20.9. The molecule has 0 saturated heterocycles. The van der Waals surface area contributed by atoms with Gasteiger partial charge < -0.3 is 0 Å². The van der Waals surface area contributed by atoms with Crippen molar-refractivity contribution in [1.29, 1.82) is 0 Å². The molecule has 0 N–H and O–H groups in total. The Balaban J connectivity index is 0.000000159. The van der Waals surface area contributed by atoms with Crippen molar-refractivity contribution in [3.8, 4) is 0 Å². The summed E-state index contributed by atoms with van der Waals surface area (Å²) in [7, 11) is 7.33. The molecule has 0 heterocycles. The van der Waals surface area contributed by atoms with E-state index in [-0.39, 0.29) is 0 Å². The van der Waals surface area contributed by atoms with Crippen LogP contribution in [0.3, 0.4) is 0 Å². The van der Waals surface area contributed by atoms with Crippen molar-refractivity contribution in [3.63, 3.8) is 0 Å². The van der Waals surface area contributed by atoms with Gasteiger partial charge in [0.25, 0.3) is 0 Å². The fourth-order valence-corrected chi connectivity index (χ4v) is 103. The topological polar surface area (TPSA) is 0 Å². The maximum absolute atomic E-state index is 7.33. The van der Waals surface area contributed by atoms with Crippen LogP contribution in [0.25, 0.3) is 0 Å². The molecule has 0 fully saturated rings. The molecule has 12 aromatic carbocycles. The quantitative estimate of drug-likeness (QED) is 0.0709. The van der Waals surface area contributed by atoms with E-state index in [4.69, 9.17) is 8.92 Å². The zero-order valence-electron chi connectivity index (χ0n) is 46.3. The number of hydrogen-bond acceptors (Lipinski definition) is 0. The van der Waals surface area contributed by atoms with Crippen LogP contribution in [-0.4, -0.2) is 80.0 Å². The summed E-state index contributed by atoms with van der Waals surface area (Å²) in [5, 5.41) is 0.